The van der Waals surface area contributed by atoms with Crippen molar-refractivity contribution in [1.29, 1.82) is 0 Å². The molecule has 0 saturated carbocycles. The number of ether oxygens (including phenoxy) is 2. The summed E-state index contributed by atoms with van der Waals surface area (Å²) >= 11 is 0. The van der Waals surface area contributed by atoms with Crippen LogP contribution in [0.5, 0.6) is 5.75 Å². The first kappa shape index (κ1) is 23.7. The number of nitrogens with one attached hydrogen (secondary N) is 1. The van der Waals surface area contributed by atoms with Crippen molar-refractivity contribution in [2.24, 2.45) is 5.92 Å². The molecular weight excluding hydrogens is 364 g/mol. The number of anilines is 1. The highest BCUT2D eigenvalue weighted by molar-refractivity contribution is 5.97. The van der Waals surface area contributed by atoms with E-state index in [4.69, 9.17) is 9.47 Å². The van der Waals surface area contributed by atoms with Gasteiger partial charge in [0, 0.05) is 24.9 Å². The second-order valence-corrected chi connectivity index (χ2v) is 8.82. The monoisotopic (exact) mass is 404 g/mol. The topological polar surface area (TPSA) is 50.8 Å². The molecule has 29 heavy (non-hydrogen) atoms. The van der Waals surface area contributed by atoms with Gasteiger partial charge in [0.25, 0.3) is 5.91 Å². The Labute approximate surface area is 177 Å². The van der Waals surface area contributed by atoms with E-state index in [1.165, 1.54) is 25.8 Å². The van der Waals surface area contributed by atoms with Crippen molar-refractivity contribution in [2.75, 3.05) is 31.6 Å². The van der Waals surface area contributed by atoms with Crippen LogP contribution in [0.1, 0.15) is 66.7 Å². The predicted octanol–water partition coefficient (Wildman–Crippen LogP) is 5.11. The van der Waals surface area contributed by atoms with Crippen LogP contribution < -0.4 is 10.1 Å². The van der Waals surface area contributed by atoms with Crippen LogP contribution in [-0.2, 0) is 9.53 Å². The van der Waals surface area contributed by atoms with Crippen molar-refractivity contribution < 1.29 is 14.3 Å². The fourth-order valence-electron chi connectivity index (χ4n) is 4.16. The van der Waals surface area contributed by atoms with Crippen molar-refractivity contribution in [2.45, 2.75) is 78.4 Å². The van der Waals surface area contributed by atoms with E-state index < -0.39 is 5.60 Å². The third-order valence-electron chi connectivity index (χ3n) is 5.65. The van der Waals surface area contributed by atoms with Crippen LogP contribution in [0.3, 0.4) is 0 Å². The summed E-state index contributed by atoms with van der Waals surface area (Å²) in [5.74, 6) is 1.11. The van der Waals surface area contributed by atoms with Crippen LogP contribution in [-0.4, -0.2) is 48.8 Å². The van der Waals surface area contributed by atoms with E-state index in [9.17, 15) is 4.79 Å². The molecule has 0 aromatic heterocycles. The third kappa shape index (κ3) is 7.63. The molecule has 0 radical (unpaired) electrons. The Morgan fingerprint density at radius 2 is 2.00 bits per heavy atom. The van der Waals surface area contributed by atoms with Crippen molar-refractivity contribution >= 4 is 11.6 Å². The minimum Gasteiger partial charge on any atom is -0.494 e. The Balaban J connectivity index is 1.79. The first-order chi connectivity index (χ1) is 13.8. The van der Waals surface area contributed by atoms with Gasteiger partial charge in [-0.3, -0.25) is 4.79 Å². The van der Waals surface area contributed by atoms with Gasteiger partial charge in [-0.05, 0) is 83.2 Å². The largest absolute Gasteiger partial charge is 0.494 e. The average Bonchev–Trinajstić information content (AvgIpc) is 2.67. The van der Waals surface area contributed by atoms with Gasteiger partial charge in [0.15, 0.2) is 0 Å². The van der Waals surface area contributed by atoms with Gasteiger partial charge in [0.2, 0.25) is 0 Å². The summed E-state index contributed by atoms with van der Waals surface area (Å²) in [5.41, 5.74) is -0.0527. The number of piperidine rings is 1. The molecule has 1 aromatic carbocycles. The van der Waals surface area contributed by atoms with E-state index in [2.05, 4.69) is 31.0 Å². The molecule has 2 atom stereocenters. The number of carbonyl (C=O) groups excluding carboxylic acids is 1. The van der Waals surface area contributed by atoms with Gasteiger partial charge in [-0.2, -0.15) is 0 Å². The number of nitrogens with zero attached hydrogens (tertiary/aromatic N) is 1. The molecule has 1 heterocycles. The normalized spacial score (nSPS) is 19.7. The number of carbonyl (C=O) groups is 1. The summed E-state index contributed by atoms with van der Waals surface area (Å²) in [6.45, 7) is 13.9. The van der Waals surface area contributed by atoms with Crippen molar-refractivity contribution in [3.63, 3.8) is 0 Å². The fraction of sp³-hybridized carbons (Fsp3) is 0.708. The van der Waals surface area contributed by atoms with Gasteiger partial charge in [0.05, 0.1) is 6.61 Å². The molecule has 0 bridgehead atoms. The van der Waals surface area contributed by atoms with Gasteiger partial charge in [-0.1, -0.05) is 20.3 Å². The zero-order valence-corrected chi connectivity index (χ0v) is 19.0. The quantitative estimate of drug-likeness (QED) is 0.521. The molecule has 5 nitrogen and oxygen atoms in total. The standard InChI is InChI=1S/C24H40N2O3/c1-6-29-24(5,18-19(2)3)23(27)25-21-11-13-22(14-12-21)28-17-9-16-26-15-8-7-10-20(26)4/h11-14,19-20H,6-10,15-18H2,1-5H3,(H,25,27)/t20-,24-/m1/s1. The Hall–Kier alpha value is -1.59. The molecule has 0 unspecified atom stereocenters. The maximum absolute atomic E-state index is 12.8. The number of benzene rings is 1. The third-order valence-corrected chi connectivity index (χ3v) is 5.65. The zero-order chi connectivity index (χ0) is 21.3. The van der Waals surface area contributed by atoms with Crippen molar-refractivity contribution in [3.05, 3.63) is 24.3 Å². The summed E-state index contributed by atoms with van der Waals surface area (Å²) < 4.78 is 11.7. The van der Waals surface area contributed by atoms with Crippen LogP contribution in [0.4, 0.5) is 5.69 Å². The molecule has 1 aliphatic rings. The maximum atomic E-state index is 12.8. The number of likely N-dealkylation sites (tertiary alicyclic amines) is 1. The molecule has 1 fully saturated rings. The van der Waals surface area contributed by atoms with E-state index in [-0.39, 0.29) is 5.91 Å². The van der Waals surface area contributed by atoms with Crippen LogP contribution in [0, 0.1) is 5.92 Å². The fourth-order valence-corrected chi connectivity index (χ4v) is 4.16. The number of rotatable bonds is 11. The maximum Gasteiger partial charge on any atom is 0.256 e. The second-order valence-electron chi connectivity index (χ2n) is 8.82. The van der Waals surface area contributed by atoms with Crippen LogP contribution in [0.2, 0.25) is 0 Å². The summed E-state index contributed by atoms with van der Waals surface area (Å²) in [7, 11) is 0. The Kier molecular flexibility index (Phi) is 9.44. The van der Waals surface area contributed by atoms with Crippen LogP contribution >= 0.6 is 0 Å². The molecule has 0 spiro atoms. The lowest BCUT2D eigenvalue weighted by atomic mass is 9.93. The number of hydrogen-bond donors (Lipinski definition) is 1. The van der Waals surface area contributed by atoms with E-state index in [0.29, 0.717) is 31.6 Å². The molecule has 1 N–H and O–H groups in total. The SMILES string of the molecule is CCO[C@](C)(CC(C)C)C(=O)Nc1ccc(OCCCN2CCCC[C@H]2C)cc1. The molecule has 1 aliphatic heterocycles. The van der Waals surface area contributed by atoms with E-state index in [1.807, 2.05) is 38.1 Å². The Morgan fingerprint density at radius 3 is 2.62 bits per heavy atom. The van der Waals surface area contributed by atoms with Crippen LogP contribution in [0.25, 0.3) is 0 Å². The molecule has 2 rings (SSSR count). The second kappa shape index (κ2) is 11.6. The molecule has 1 saturated heterocycles. The lowest BCUT2D eigenvalue weighted by Crippen LogP contribution is -2.43. The molecule has 0 aliphatic carbocycles. The molecule has 1 aromatic rings. The van der Waals surface area contributed by atoms with Crippen molar-refractivity contribution in [3.8, 4) is 5.75 Å². The van der Waals surface area contributed by atoms with Gasteiger partial charge in [-0.25, -0.2) is 0 Å². The minimum absolute atomic E-state index is 0.0997. The zero-order valence-electron chi connectivity index (χ0n) is 19.0. The highest BCUT2D eigenvalue weighted by Gasteiger charge is 2.34. The van der Waals surface area contributed by atoms with E-state index in [1.54, 1.807) is 0 Å². The van der Waals surface area contributed by atoms with Crippen molar-refractivity contribution in [1.82, 2.24) is 4.90 Å². The molecule has 164 valence electrons. The minimum atomic E-state index is -0.816. The predicted molar refractivity (Wildman–Crippen MR) is 120 cm³/mol. The van der Waals surface area contributed by atoms with Gasteiger partial charge >= 0.3 is 0 Å². The van der Waals surface area contributed by atoms with Gasteiger partial charge in [0.1, 0.15) is 11.4 Å². The molecular formula is C24H40N2O3. The van der Waals surface area contributed by atoms with Gasteiger partial charge in [-0.15, -0.1) is 0 Å². The lowest BCUT2D eigenvalue weighted by Gasteiger charge is -2.33. The van der Waals surface area contributed by atoms with E-state index >= 15 is 0 Å². The Bertz CT molecular complexity index is 617. The summed E-state index contributed by atoms with van der Waals surface area (Å²) in [6, 6.07) is 8.31. The Morgan fingerprint density at radius 1 is 1.28 bits per heavy atom. The van der Waals surface area contributed by atoms with Gasteiger partial charge < -0.3 is 19.7 Å². The first-order valence-electron chi connectivity index (χ1n) is 11.3. The smallest absolute Gasteiger partial charge is 0.256 e. The molecule has 5 heteroatoms. The summed E-state index contributed by atoms with van der Waals surface area (Å²) in [5, 5.41) is 2.99. The highest BCUT2D eigenvalue weighted by atomic mass is 16.5. The summed E-state index contributed by atoms with van der Waals surface area (Å²) in [6.07, 6.45) is 5.71. The number of hydrogen-bond acceptors (Lipinski definition) is 4. The average molecular weight is 405 g/mol. The van der Waals surface area contributed by atoms with Crippen LogP contribution in [0.15, 0.2) is 24.3 Å². The highest BCUT2D eigenvalue weighted by Crippen LogP contribution is 2.24. The first-order valence-corrected chi connectivity index (χ1v) is 11.3. The number of amides is 1. The lowest BCUT2D eigenvalue weighted by molar-refractivity contribution is -0.140. The molecule has 1 amide bonds. The summed E-state index contributed by atoms with van der Waals surface area (Å²) in [4.78, 5) is 15.3. The van der Waals surface area contributed by atoms with E-state index in [0.717, 1.165) is 24.4 Å².